The summed E-state index contributed by atoms with van der Waals surface area (Å²) < 4.78 is 16.1. The molecule has 0 saturated carbocycles. The van der Waals surface area contributed by atoms with Crippen molar-refractivity contribution in [1.82, 2.24) is 0 Å². The Morgan fingerprint density at radius 2 is 1.79 bits per heavy atom. The third-order valence-electron chi connectivity index (χ3n) is 2.21. The Bertz CT molecular complexity index is 302. The van der Waals surface area contributed by atoms with E-state index in [4.69, 9.17) is 23.7 Å². The summed E-state index contributed by atoms with van der Waals surface area (Å²) in [5, 5.41) is 0. The van der Waals surface area contributed by atoms with Crippen molar-refractivity contribution in [3.8, 4) is 5.75 Å². The topological polar surface area (TPSA) is 50.1 Å². The molecule has 1 rings (SSSR count). The molecule has 110 valence electrons. The molecule has 0 aliphatic carbocycles. The van der Waals surface area contributed by atoms with Crippen molar-refractivity contribution in [1.29, 1.82) is 0 Å². The number of hydrogen-bond acceptors (Lipinski definition) is 5. The van der Waals surface area contributed by atoms with Crippen LogP contribution in [0.2, 0.25) is 0 Å². The molecule has 0 N–H and O–H groups in total. The van der Waals surface area contributed by atoms with E-state index in [1.807, 2.05) is 27.7 Å². The number of furan rings is 1. The normalized spacial score (nSPS) is 11.5. The first-order valence-corrected chi connectivity index (χ1v) is 6.67. The van der Waals surface area contributed by atoms with E-state index in [2.05, 4.69) is 0 Å². The van der Waals surface area contributed by atoms with Gasteiger partial charge in [-0.05, 0) is 27.7 Å². The quantitative estimate of drug-likeness (QED) is 0.372. The van der Waals surface area contributed by atoms with Gasteiger partial charge in [-0.25, -0.2) is 9.78 Å². The molecule has 0 aromatic carbocycles. The molecule has 0 radical (unpaired) electrons. The molecule has 5 heteroatoms. The molecule has 0 spiro atoms. The average Bonchev–Trinajstić information content (AvgIpc) is 2.77. The minimum Gasteiger partial charge on any atom is -0.488 e. The second-order valence-electron chi connectivity index (χ2n) is 4.75. The van der Waals surface area contributed by atoms with Gasteiger partial charge in [0.25, 0.3) is 0 Å². The first-order chi connectivity index (χ1) is 9.09. The highest BCUT2D eigenvalue weighted by atomic mass is 17.2. The van der Waals surface area contributed by atoms with Gasteiger partial charge in [-0.15, -0.1) is 0 Å². The molecule has 0 aliphatic heterocycles. The standard InChI is InChI=1S/C14H24O5/c1-11(2)16-7-8-17-14-10-15-9-13(14)5-6-18-19-12(3)4/h9-12H,5-8H2,1-4H3. The lowest BCUT2D eigenvalue weighted by Gasteiger charge is -2.09. The van der Waals surface area contributed by atoms with E-state index >= 15 is 0 Å². The largest absolute Gasteiger partial charge is 0.488 e. The maximum Gasteiger partial charge on any atom is 0.160 e. The summed E-state index contributed by atoms with van der Waals surface area (Å²) in [7, 11) is 0. The van der Waals surface area contributed by atoms with Crippen LogP contribution in [-0.4, -0.2) is 32.0 Å². The number of hydrogen-bond donors (Lipinski definition) is 0. The van der Waals surface area contributed by atoms with Gasteiger partial charge in [0.1, 0.15) is 12.9 Å². The number of ether oxygens (including phenoxy) is 2. The highest BCUT2D eigenvalue weighted by Gasteiger charge is 2.07. The summed E-state index contributed by atoms with van der Waals surface area (Å²) in [5.41, 5.74) is 0.969. The molecule has 0 amide bonds. The Labute approximate surface area is 114 Å². The first kappa shape index (κ1) is 16.0. The monoisotopic (exact) mass is 272 g/mol. The van der Waals surface area contributed by atoms with E-state index in [1.54, 1.807) is 12.5 Å². The van der Waals surface area contributed by atoms with Gasteiger partial charge in [0.05, 0.1) is 31.7 Å². The first-order valence-electron chi connectivity index (χ1n) is 6.67. The third kappa shape index (κ3) is 7.20. The van der Waals surface area contributed by atoms with Crippen molar-refractivity contribution in [2.45, 2.75) is 46.3 Å². The highest BCUT2D eigenvalue weighted by molar-refractivity contribution is 5.27. The van der Waals surface area contributed by atoms with Crippen molar-refractivity contribution in [2.75, 3.05) is 19.8 Å². The van der Waals surface area contributed by atoms with Crippen LogP contribution in [0.5, 0.6) is 5.75 Å². The summed E-state index contributed by atoms with van der Waals surface area (Å²) in [6.45, 7) is 9.37. The molecule has 1 heterocycles. The van der Waals surface area contributed by atoms with Crippen LogP contribution in [0.25, 0.3) is 0 Å². The SMILES string of the molecule is CC(C)OCCOc1cocc1CCOOC(C)C. The Hall–Kier alpha value is -1.04. The minimum absolute atomic E-state index is 0.0632. The summed E-state index contributed by atoms with van der Waals surface area (Å²) >= 11 is 0. The molecular weight excluding hydrogens is 248 g/mol. The Morgan fingerprint density at radius 1 is 1.00 bits per heavy atom. The van der Waals surface area contributed by atoms with Crippen LogP contribution in [0, 0.1) is 0 Å². The van der Waals surface area contributed by atoms with Gasteiger partial charge in [-0.3, -0.25) is 0 Å². The molecule has 19 heavy (non-hydrogen) atoms. The van der Waals surface area contributed by atoms with Crippen molar-refractivity contribution in [3.63, 3.8) is 0 Å². The van der Waals surface area contributed by atoms with E-state index in [9.17, 15) is 0 Å². The maximum absolute atomic E-state index is 5.59. The Morgan fingerprint density at radius 3 is 2.47 bits per heavy atom. The fraction of sp³-hybridized carbons (Fsp3) is 0.714. The van der Waals surface area contributed by atoms with Crippen LogP contribution >= 0.6 is 0 Å². The predicted octanol–water partition coefficient (Wildman–Crippen LogP) is 2.98. The molecule has 1 aromatic heterocycles. The highest BCUT2D eigenvalue weighted by Crippen LogP contribution is 2.20. The van der Waals surface area contributed by atoms with E-state index in [0.717, 1.165) is 11.3 Å². The van der Waals surface area contributed by atoms with E-state index in [1.165, 1.54) is 0 Å². The van der Waals surface area contributed by atoms with E-state index in [0.29, 0.717) is 26.2 Å². The fourth-order valence-corrected chi connectivity index (χ4v) is 1.39. The van der Waals surface area contributed by atoms with Crippen LogP contribution in [0.1, 0.15) is 33.3 Å². The summed E-state index contributed by atoms with van der Waals surface area (Å²) in [4.78, 5) is 10.1. The molecule has 0 bridgehead atoms. The van der Waals surface area contributed by atoms with Gasteiger partial charge in [0.2, 0.25) is 0 Å². The lowest BCUT2D eigenvalue weighted by Crippen LogP contribution is -2.12. The average molecular weight is 272 g/mol. The van der Waals surface area contributed by atoms with Crippen LogP contribution in [-0.2, 0) is 20.9 Å². The van der Waals surface area contributed by atoms with Gasteiger partial charge >= 0.3 is 0 Å². The summed E-state index contributed by atoms with van der Waals surface area (Å²) in [5.74, 6) is 0.737. The smallest absolute Gasteiger partial charge is 0.160 e. The second kappa shape index (κ2) is 8.96. The van der Waals surface area contributed by atoms with Gasteiger partial charge in [0.15, 0.2) is 5.75 Å². The zero-order valence-corrected chi connectivity index (χ0v) is 12.2. The van der Waals surface area contributed by atoms with Gasteiger partial charge < -0.3 is 13.9 Å². The molecule has 0 saturated heterocycles. The molecule has 0 fully saturated rings. The van der Waals surface area contributed by atoms with Gasteiger partial charge in [-0.2, -0.15) is 0 Å². The van der Waals surface area contributed by atoms with Crippen LogP contribution in [0.3, 0.4) is 0 Å². The van der Waals surface area contributed by atoms with Crippen molar-refractivity contribution >= 4 is 0 Å². The summed E-state index contributed by atoms with van der Waals surface area (Å²) in [6.07, 6.45) is 4.22. The molecule has 1 aromatic rings. The van der Waals surface area contributed by atoms with E-state index < -0.39 is 0 Å². The van der Waals surface area contributed by atoms with Gasteiger partial charge in [-0.1, -0.05) is 0 Å². The van der Waals surface area contributed by atoms with Crippen LogP contribution in [0.15, 0.2) is 16.9 Å². The van der Waals surface area contributed by atoms with Crippen molar-refractivity contribution < 1.29 is 23.7 Å². The molecule has 0 atom stereocenters. The predicted molar refractivity (Wildman–Crippen MR) is 71.2 cm³/mol. The molecule has 5 nitrogen and oxygen atoms in total. The second-order valence-corrected chi connectivity index (χ2v) is 4.75. The van der Waals surface area contributed by atoms with Crippen LogP contribution in [0.4, 0.5) is 0 Å². The fourth-order valence-electron chi connectivity index (χ4n) is 1.39. The molecule has 0 unspecified atom stereocenters. The minimum atomic E-state index is 0.0632. The Balaban J connectivity index is 2.22. The summed E-state index contributed by atoms with van der Waals surface area (Å²) in [6, 6.07) is 0. The molecular formula is C14H24O5. The zero-order valence-electron chi connectivity index (χ0n) is 12.2. The number of rotatable bonds is 10. The lowest BCUT2D eigenvalue weighted by atomic mass is 10.2. The molecule has 0 aliphatic rings. The Kier molecular flexibility index (Phi) is 7.55. The van der Waals surface area contributed by atoms with Crippen molar-refractivity contribution in [2.24, 2.45) is 0 Å². The van der Waals surface area contributed by atoms with E-state index in [-0.39, 0.29) is 12.2 Å². The zero-order chi connectivity index (χ0) is 14.1. The van der Waals surface area contributed by atoms with Crippen LogP contribution < -0.4 is 4.74 Å². The maximum atomic E-state index is 5.59. The van der Waals surface area contributed by atoms with Crippen molar-refractivity contribution in [3.05, 3.63) is 18.1 Å². The third-order valence-corrected chi connectivity index (χ3v) is 2.21. The van der Waals surface area contributed by atoms with Gasteiger partial charge in [0, 0.05) is 12.0 Å². The lowest BCUT2D eigenvalue weighted by molar-refractivity contribution is -0.316.